The standard InChI is InChI=1S/C26H21ClFN3O2/c1-16-8-19(14-29-12-16)24-11-21(22(15-30-24)18-4-3-5-20(28)10-18)26(32)31-13-17-6-7-25(33-2)23(27)9-17/h3-12,14-15H,13H2,1-2H3,(H,31,32). The van der Waals surface area contributed by atoms with E-state index in [0.29, 0.717) is 33.2 Å². The Morgan fingerprint density at radius 3 is 2.64 bits per heavy atom. The summed E-state index contributed by atoms with van der Waals surface area (Å²) in [5.74, 6) is -0.144. The lowest BCUT2D eigenvalue weighted by molar-refractivity contribution is 0.0951. The monoisotopic (exact) mass is 461 g/mol. The first-order valence-electron chi connectivity index (χ1n) is 10.2. The van der Waals surface area contributed by atoms with Gasteiger partial charge >= 0.3 is 0 Å². The number of carbonyl (C=O) groups excluding carboxylic acids is 1. The minimum absolute atomic E-state index is 0.259. The van der Waals surface area contributed by atoms with E-state index in [4.69, 9.17) is 16.3 Å². The highest BCUT2D eigenvalue weighted by atomic mass is 35.5. The number of benzene rings is 2. The summed E-state index contributed by atoms with van der Waals surface area (Å²) in [6, 6.07) is 15.0. The number of aryl methyl sites for hydroxylation is 1. The van der Waals surface area contributed by atoms with Gasteiger partial charge in [0.2, 0.25) is 0 Å². The van der Waals surface area contributed by atoms with Gasteiger partial charge in [0.05, 0.1) is 23.4 Å². The molecule has 2 heterocycles. The zero-order valence-electron chi connectivity index (χ0n) is 18.1. The number of hydrogen-bond donors (Lipinski definition) is 1. The van der Waals surface area contributed by atoms with Crippen molar-refractivity contribution in [2.24, 2.45) is 0 Å². The minimum Gasteiger partial charge on any atom is -0.495 e. The van der Waals surface area contributed by atoms with E-state index in [1.807, 2.05) is 19.1 Å². The smallest absolute Gasteiger partial charge is 0.252 e. The number of pyridine rings is 2. The normalized spacial score (nSPS) is 10.7. The Hall–Kier alpha value is -3.77. The van der Waals surface area contributed by atoms with Crippen molar-refractivity contribution < 1.29 is 13.9 Å². The number of carbonyl (C=O) groups is 1. The Labute approximate surface area is 196 Å². The maximum absolute atomic E-state index is 13.9. The summed E-state index contributed by atoms with van der Waals surface area (Å²) in [5.41, 5.74) is 4.66. The van der Waals surface area contributed by atoms with Crippen molar-refractivity contribution in [2.75, 3.05) is 7.11 Å². The van der Waals surface area contributed by atoms with Crippen LogP contribution >= 0.6 is 11.6 Å². The number of ether oxygens (including phenoxy) is 1. The minimum atomic E-state index is -0.390. The van der Waals surface area contributed by atoms with Crippen LogP contribution in [0.5, 0.6) is 5.75 Å². The van der Waals surface area contributed by atoms with E-state index in [2.05, 4.69) is 15.3 Å². The van der Waals surface area contributed by atoms with Gasteiger partial charge in [-0.2, -0.15) is 0 Å². The third-order valence-electron chi connectivity index (χ3n) is 5.12. The fraction of sp³-hybridized carbons (Fsp3) is 0.115. The van der Waals surface area contributed by atoms with Gasteiger partial charge in [0.1, 0.15) is 11.6 Å². The van der Waals surface area contributed by atoms with Crippen LogP contribution in [0.2, 0.25) is 5.02 Å². The molecular formula is C26H21ClFN3O2. The molecule has 0 aliphatic carbocycles. The first kappa shape index (κ1) is 22.4. The van der Waals surface area contributed by atoms with Gasteiger partial charge in [0.25, 0.3) is 5.91 Å². The summed E-state index contributed by atoms with van der Waals surface area (Å²) in [6.07, 6.45) is 5.03. The topological polar surface area (TPSA) is 64.1 Å². The van der Waals surface area contributed by atoms with Crippen LogP contribution < -0.4 is 10.1 Å². The zero-order chi connectivity index (χ0) is 23.4. The summed E-state index contributed by atoms with van der Waals surface area (Å²) in [4.78, 5) is 22.0. The second kappa shape index (κ2) is 9.79. The van der Waals surface area contributed by atoms with Crippen molar-refractivity contribution in [1.82, 2.24) is 15.3 Å². The fourth-order valence-corrected chi connectivity index (χ4v) is 3.76. The lowest BCUT2D eigenvalue weighted by Gasteiger charge is -2.13. The largest absolute Gasteiger partial charge is 0.495 e. The van der Waals surface area contributed by atoms with Crippen molar-refractivity contribution in [2.45, 2.75) is 13.5 Å². The highest BCUT2D eigenvalue weighted by Gasteiger charge is 2.16. The second-order valence-electron chi connectivity index (χ2n) is 7.53. The molecule has 2 aromatic heterocycles. The van der Waals surface area contributed by atoms with Crippen LogP contribution in [0.1, 0.15) is 21.5 Å². The highest BCUT2D eigenvalue weighted by Crippen LogP contribution is 2.28. The molecule has 0 bridgehead atoms. The van der Waals surface area contributed by atoms with Crippen LogP contribution in [-0.2, 0) is 6.54 Å². The van der Waals surface area contributed by atoms with Gasteiger partial charge in [-0.15, -0.1) is 0 Å². The predicted octanol–water partition coefficient (Wildman–Crippen LogP) is 5.85. The lowest BCUT2D eigenvalue weighted by Crippen LogP contribution is -2.23. The van der Waals surface area contributed by atoms with Gasteiger partial charge in [0.15, 0.2) is 0 Å². The molecule has 0 spiro atoms. The first-order chi connectivity index (χ1) is 15.9. The Morgan fingerprint density at radius 2 is 1.91 bits per heavy atom. The summed E-state index contributed by atoms with van der Waals surface area (Å²) in [5, 5.41) is 3.38. The number of amides is 1. The highest BCUT2D eigenvalue weighted by molar-refractivity contribution is 6.32. The Balaban J connectivity index is 1.69. The average Bonchev–Trinajstić information content (AvgIpc) is 2.82. The predicted molar refractivity (Wildman–Crippen MR) is 127 cm³/mol. The molecule has 0 fully saturated rings. The third-order valence-corrected chi connectivity index (χ3v) is 5.42. The number of rotatable bonds is 6. The quantitative estimate of drug-likeness (QED) is 0.391. The van der Waals surface area contributed by atoms with Gasteiger partial charge < -0.3 is 10.1 Å². The van der Waals surface area contributed by atoms with E-state index < -0.39 is 5.82 Å². The molecule has 0 aliphatic heterocycles. The Kier molecular flexibility index (Phi) is 6.66. The Bertz CT molecular complexity index is 1330. The van der Waals surface area contributed by atoms with E-state index in [1.165, 1.54) is 12.1 Å². The van der Waals surface area contributed by atoms with Crippen LogP contribution in [0, 0.1) is 12.7 Å². The summed E-state index contributed by atoms with van der Waals surface area (Å²) >= 11 is 6.20. The maximum Gasteiger partial charge on any atom is 0.252 e. The SMILES string of the molecule is COc1ccc(CNC(=O)c2cc(-c3cncc(C)c3)ncc2-c2cccc(F)c2)cc1Cl. The average molecular weight is 462 g/mol. The number of hydrogen-bond acceptors (Lipinski definition) is 4. The molecule has 0 aliphatic rings. The number of methoxy groups -OCH3 is 1. The number of halogens is 2. The molecule has 0 unspecified atom stereocenters. The molecular weight excluding hydrogens is 441 g/mol. The Morgan fingerprint density at radius 1 is 1.06 bits per heavy atom. The molecule has 7 heteroatoms. The van der Waals surface area contributed by atoms with Gasteiger partial charge in [0, 0.05) is 36.3 Å². The molecule has 0 saturated heterocycles. The lowest BCUT2D eigenvalue weighted by atomic mass is 9.99. The van der Waals surface area contributed by atoms with Crippen molar-refractivity contribution >= 4 is 17.5 Å². The molecule has 2 aromatic carbocycles. The number of nitrogens with zero attached hydrogens (tertiary/aromatic N) is 2. The van der Waals surface area contributed by atoms with Crippen LogP contribution in [0.15, 0.2) is 73.2 Å². The van der Waals surface area contributed by atoms with Gasteiger partial charge in [-0.25, -0.2) is 4.39 Å². The van der Waals surface area contributed by atoms with Crippen LogP contribution in [-0.4, -0.2) is 23.0 Å². The zero-order valence-corrected chi connectivity index (χ0v) is 18.9. The third kappa shape index (κ3) is 5.18. The van der Waals surface area contributed by atoms with E-state index in [0.717, 1.165) is 16.7 Å². The van der Waals surface area contributed by atoms with Crippen molar-refractivity contribution in [3.05, 3.63) is 101 Å². The maximum atomic E-state index is 13.9. The van der Waals surface area contributed by atoms with Crippen LogP contribution in [0.3, 0.4) is 0 Å². The summed E-state index contributed by atoms with van der Waals surface area (Å²) in [7, 11) is 1.54. The van der Waals surface area contributed by atoms with Crippen molar-refractivity contribution in [3.8, 4) is 28.1 Å². The van der Waals surface area contributed by atoms with Gasteiger partial charge in [-0.05, 0) is 60.0 Å². The molecule has 5 nitrogen and oxygen atoms in total. The molecule has 0 atom stereocenters. The first-order valence-corrected chi connectivity index (χ1v) is 10.6. The van der Waals surface area contributed by atoms with Crippen LogP contribution in [0.4, 0.5) is 4.39 Å². The van der Waals surface area contributed by atoms with Gasteiger partial charge in [-0.1, -0.05) is 29.8 Å². The van der Waals surface area contributed by atoms with Crippen molar-refractivity contribution in [3.63, 3.8) is 0 Å². The van der Waals surface area contributed by atoms with Gasteiger partial charge in [-0.3, -0.25) is 14.8 Å². The van der Waals surface area contributed by atoms with E-state index >= 15 is 0 Å². The summed E-state index contributed by atoms with van der Waals surface area (Å²) < 4.78 is 19.1. The number of aromatic nitrogens is 2. The summed E-state index contributed by atoms with van der Waals surface area (Å²) in [6.45, 7) is 2.19. The molecule has 0 saturated carbocycles. The fourth-order valence-electron chi connectivity index (χ4n) is 3.48. The van der Waals surface area contributed by atoms with E-state index in [-0.39, 0.29) is 12.5 Å². The van der Waals surface area contributed by atoms with Crippen molar-refractivity contribution in [1.29, 1.82) is 0 Å². The molecule has 1 N–H and O–H groups in total. The van der Waals surface area contributed by atoms with Crippen LogP contribution in [0.25, 0.3) is 22.4 Å². The molecule has 166 valence electrons. The molecule has 0 radical (unpaired) electrons. The van der Waals surface area contributed by atoms with E-state index in [9.17, 15) is 9.18 Å². The molecule has 4 aromatic rings. The second-order valence-corrected chi connectivity index (χ2v) is 7.94. The molecule has 4 rings (SSSR count). The molecule has 1 amide bonds. The molecule has 33 heavy (non-hydrogen) atoms. The number of nitrogens with one attached hydrogen (secondary N) is 1. The van der Waals surface area contributed by atoms with E-state index in [1.54, 1.807) is 56.0 Å².